The van der Waals surface area contributed by atoms with Gasteiger partial charge in [0.1, 0.15) is 0 Å². The second-order valence-corrected chi connectivity index (χ2v) is 3.71. The average Bonchev–Trinajstić information content (AvgIpc) is 2.01. The van der Waals surface area contributed by atoms with Crippen LogP contribution >= 0.6 is 0 Å². The average molecular weight is 228 g/mol. The molecule has 0 heterocycles. The summed E-state index contributed by atoms with van der Waals surface area (Å²) in [6.45, 7) is 3.19. The lowest BCUT2D eigenvalue weighted by molar-refractivity contribution is 0.381. The van der Waals surface area contributed by atoms with Crippen LogP contribution < -0.4 is 11.3 Å². The molecule has 0 aromatic heterocycles. The Morgan fingerprint density at radius 3 is 1.93 bits per heavy atom. The van der Waals surface area contributed by atoms with E-state index in [2.05, 4.69) is 12.3 Å². The summed E-state index contributed by atoms with van der Waals surface area (Å²) in [5, 5.41) is 0. The summed E-state index contributed by atoms with van der Waals surface area (Å²) in [5.74, 6) is 5.09. The Morgan fingerprint density at radius 2 is 1.57 bits per heavy atom. The van der Waals surface area contributed by atoms with E-state index in [0.717, 1.165) is 6.54 Å². The highest BCUT2D eigenvalue weighted by Gasteiger charge is 1.85. The fourth-order valence-electron chi connectivity index (χ4n) is 0.831. The molecule has 0 aromatic rings. The quantitative estimate of drug-likeness (QED) is 0.231. The van der Waals surface area contributed by atoms with Crippen LogP contribution in [0, 0.1) is 0 Å². The molecule has 7 heteroatoms. The molecule has 88 valence electrons. The zero-order valence-corrected chi connectivity index (χ0v) is 9.26. The fourth-order valence-corrected chi connectivity index (χ4v) is 0.831. The van der Waals surface area contributed by atoms with Gasteiger partial charge in [0.2, 0.25) is 0 Å². The third kappa shape index (κ3) is 40.9. The van der Waals surface area contributed by atoms with Gasteiger partial charge in [0.15, 0.2) is 0 Å². The highest BCUT2D eigenvalue weighted by molar-refractivity contribution is 7.79. The minimum Gasteiger partial charge on any atom is -0.271 e. The number of rotatable bonds is 6. The second-order valence-electron chi connectivity index (χ2n) is 2.82. The van der Waals surface area contributed by atoms with Crippen molar-refractivity contribution in [3.8, 4) is 0 Å². The number of nitrogens with one attached hydrogen (secondary N) is 1. The lowest BCUT2D eigenvalue weighted by atomic mass is 10.2. The van der Waals surface area contributed by atoms with Gasteiger partial charge in [-0.15, -0.1) is 0 Å². The van der Waals surface area contributed by atoms with Crippen molar-refractivity contribution >= 4 is 10.4 Å². The van der Waals surface area contributed by atoms with E-state index in [0.29, 0.717) is 0 Å². The first kappa shape index (κ1) is 16.2. The van der Waals surface area contributed by atoms with Crippen molar-refractivity contribution in [2.45, 2.75) is 39.0 Å². The SMILES string of the molecule is CCCCCCCNN.O=S(=O)(O)O. The van der Waals surface area contributed by atoms with Crippen LogP contribution in [0.25, 0.3) is 0 Å². The second kappa shape index (κ2) is 10.9. The molecule has 0 aliphatic carbocycles. The van der Waals surface area contributed by atoms with E-state index in [1.54, 1.807) is 0 Å². The van der Waals surface area contributed by atoms with Gasteiger partial charge in [0.25, 0.3) is 0 Å². The van der Waals surface area contributed by atoms with Crippen molar-refractivity contribution in [2.24, 2.45) is 5.84 Å². The van der Waals surface area contributed by atoms with Gasteiger partial charge in [-0.1, -0.05) is 32.6 Å². The van der Waals surface area contributed by atoms with Crippen molar-refractivity contribution < 1.29 is 17.5 Å². The lowest BCUT2D eigenvalue weighted by Gasteiger charge is -1.97. The van der Waals surface area contributed by atoms with E-state index in [1.807, 2.05) is 0 Å². The Hall–Kier alpha value is -0.210. The van der Waals surface area contributed by atoms with Crippen molar-refractivity contribution in [3.05, 3.63) is 0 Å². The van der Waals surface area contributed by atoms with Gasteiger partial charge in [0.05, 0.1) is 0 Å². The zero-order valence-electron chi connectivity index (χ0n) is 8.44. The number of unbranched alkanes of at least 4 members (excludes halogenated alkanes) is 4. The number of hydrazine groups is 1. The maximum atomic E-state index is 8.74. The van der Waals surface area contributed by atoms with Crippen LogP contribution in [0.1, 0.15) is 39.0 Å². The molecule has 0 rings (SSSR count). The first-order valence-electron chi connectivity index (χ1n) is 4.55. The molecule has 0 aliphatic heterocycles. The Kier molecular flexibility index (Phi) is 12.6. The molecule has 0 amide bonds. The molecular weight excluding hydrogens is 208 g/mol. The number of hydrogen-bond acceptors (Lipinski definition) is 4. The van der Waals surface area contributed by atoms with Crippen molar-refractivity contribution in [1.29, 1.82) is 0 Å². The van der Waals surface area contributed by atoms with E-state index in [1.165, 1.54) is 32.1 Å². The van der Waals surface area contributed by atoms with Gasteiger partial charge < -0.3 is 0 Å². The molecule has 5 N–H and O–H groups in total. The Balaban J connectivity index is 0. The van der Waals surface area contributed by atoms with Gasteiger partial charge in [-0.25, -0.2) is 0 Å². The highest BCUT2D eigenvalue weighted by atomic mass is 32.3. The van der Waals surface area contributed by atoms with Gasteiger partial charge in [-0.05, 0) is 6.42 Å². The molecular formula is C7H20N2O4S. The van der Waals surface area contributed by atoms with Crippen LogP contribution in [0.5, 0.6) is 0 Å². The van der Waals surface area contributed by atoms with Crippen LogP contribution in [-0.2, 0) is 10.4 Å². The summed E-state index contributed by atoms with van der Waals surface area (Å²) in [7, 11) is -4.67. The molecule has 0 radical (unpaired) electrons. The summed E-state index contributed by atoms with van der Waals surface area (Å²) in [6, 6.07) is 0. The Bertz CT molecular complexity index is 180. The summed E-state index contributed by atoms with van der Waals surface area (Å²) >= 11 is 0. The zero-order chi connectivity index (χ0) is 11.4. The van der Waals surface area contributed by atoms with E-state index in [4.69, 9.17) is 23.4 Å². The van der Waals surface area contributed by atoms with Gasteiger partial charge in [-0.2, -0.15) is 8.42 Å². The van der Waals surface area contributed by atoms with E-state index >= 15 is 0 Å². The molecule has 6 nitrogen and oxygen atoms in total. The fraction of sp³-hybridized carbons (Fsp3) is 1.00. The van der Waals surface area contributed by atoms with Crippen LogP contribution in [-0.4, -0.2) is 24.1 Å². The summed E-state index contributed by atoms with van der Waals surface area (Å²) in [5.41, 5.74) is 2.64. The molecule has 0 atom stereocenters. The van der Waals surface area contributed by atoms with E-state index < -0.39 is 10.4 Å². The Labute approximate surface area is 85.4 Å². The maximum Gasteiger partial charge on any atom is 0.394 e. The molecule has 0 fully saturated rings. The Morgan fingerprint density at radius 1 is 1.14 bits per heavy atom. The third-order valence-electron chi connectivity index (χ3n) is 1.42. The minimum absolute atomic E-state index is 0.962. The largest absolute Gasteiger partial charge is 0.394 e. The van der Waals surface area contributed by atoms with E-state index in [-0.39, 0.29) is 0 Å². The smallest absolute Gasteiger partial charge is 0.271 e. The lowest BCUT2D eigenvalue weighted by Crippen LogP contribution is -2.22. The minimum atomic E-state index is -4.67. The normalized spacial score (nSPS) is 10.6. The molecule has 0 bridgehead atoms. The summed E-state index contributed by atoms with van der Waals surface area (Å²) in [4.78, 5) is 0. The monoisotopic (exact) mass is 228 g/mol. The number of nitrogens with two attached hydrogens (primary N) is 1. The molecule has 0 spiro atoms. The molecule has 0 saturated heterocycles. The first-order chi connectivity index (χ1) is 6.41. The molecule has 0 aromatic carbocycles. The topological polar surface area (TPSA) is 113 Å². The van der Waals surface area contributed by atoms with Gasteiger partial charge in [-0.3, -0.25) is 20.4 Å². The van der Waals surface area contributed by atoms with Crippen molar-refractivity contribution in [1.82, 2.24) is 5.43 Å². The van der Waals surface area contributed by atoms with Gasteiger partial charge >= 0.3 is 10.4 Å². The molecule has 0 aliphatic rings. The first-order valence-corrected chi connectivity index (χ1v) is 5.94. The van der Waals surface area contributed by atoms with Crippen LogP contribution in [0.4, 0.5) is 0 Å². The molecule has 0 saturated carbocycles. The van der Waals surface area contributed by atoms with Crippen molar-refractivity contribution in [2.75, 3.05) is 6.54 Å². The highest BCUT2D eigenvalue weighted by Crippen LogP contribution is 2.00. The van der Waals surface area contributed by atoms with Gasteiger partial charge in [0, 0.05) is 6.54 Å². The summed E-state index contributed by atoms with van der Waals surface area (Å²) < 4.78 is 31.6. The van der Waals surface area contributed by atoms with Crippen LogP contribution in [0.2, 0.25) is 0 Å². The predicted molar refractivity (Wildman–Crippen MR) is 55.1 cm³/mol. The van der Waals surface area contributed by atoms with E-state index in [9.17, 15) is 0 Å². The number of hydrogen-bond donors (Lipinski definition) is 4. The standard InChI is InChI=1S/C7H18N2.H2O4S/c1-2-3-4-5-6-7-9-8;1-5(2,3)4/h9H,2-8H2,1H3;(H2,1,2,3,4). The third-order valence-corrected chi connectivity index (χ3v) is 1.42. The van der Waals surface area contributed by atoms with Crippen LogP contribution in [0.3, 0.4) is 0 Å². The molecule has 0 unspecified atom stereocenters. The van der Waals surface area contributed by atoms with Crippen LogP contribution in [0.15, 0.2) is 0 Å². The maximum absolute atomic E-state index is 8.74. The summed E-state index contributed by atoms with van der Waals surface area (Å²) in [6.07, 6.45) is 6.58. The predicted octanol–water partition coefficient (Wildman–Crippen LogP) is 0.767. The molecule has 14 heavy (non-hydrogen) atoms. The van der Waals surface area contributed by atoms with Crippen molar-refractivity contribution in [3.63, 3.8) is 0 Å².